The van der Waals surface area contributed by atoms with Crippen LogP contribution in [-0.2, 0) is 9.59 Å². The number of benzene rings is 1. The van der Waals surface area contributed by atoms with Crippen molar-refractivity contribution >= 4 is 17.4 Å². The van der Waals surface area contributed by atoms with E-state index in [1.54, 1.807) is 12.1 Å². The predicted octanol–water partition coefficient (Wildman–Crippen LogP) is 1.84. The smallest absolute Gasteiger partial charge is 0.303 e. The van der Waals surface area contributed by atoms with Gasteiger partial charge in [-0.15, -0.1) is 0 Å². The van der Waals surface area contributed by atoms with Crippen molar-refractivity contribution in [3.63, 3.8) is 0 Å². The van der Waals surface area contributed by atoms with Crippen LogP contribution >= 0.6 is 0 Å². The van der Waals surface area contributed by atoms with Crippen molar-refractivity contribution in [3.05, 3.63) is 30.1 Å². The van der Waals surface area contributed by atoms with E-state index >= 15 is 0 Å². The van der Waals surface area contributed by atoms with Crippen molar-refractivity contribution < 1.29 is 19.1 Å². The molecule has 1 fully saturated rings. The molecule has 4 nitrogen and oxygen atoms in total. The number of carbonyl (C=O) groups is 2. The van der Waals surface area contributed by atoms with Gasteiger partial charge in [0.2, 0.25) is 0 Å². The van der Waals surface area contributed by atoms with Gasteiger partial charge in [-0.05, 0) is 30.7 Å². The highest BCUT2D eigenvalue weighted by molar-refractivity contribution is 5.90. The fraction of sp³-hybridized carbons (Fsp3) is 0.385. The van der Waals surface area contributed by atoms with Crippen LogP contribution < -0.4 is 4.90 Å². The highest BCUT2D eigenvalue weighted by Crippen LogP contribution is 2.27. The Labute approximate surface area is 104 Å². The minimum absolute atomic E-state index is 0.0533. The molecule has 1 saturated heterocycles. The topological polar surface area (TPSA) is 57.6 Å². The summed E-state index contributed by atoms with van der Waals surface area (Å²) in [5.74, 6) is -1.34. The van der Waals surface area contributed by atoms with E-state index in [0.29, 0.717) is 0 Å². The number of carboxylic acid groups (broad SMARTS) is 1. The van der Waals surface area contributed by atoms with Crippen LogP contribution in [0.3, 0.4) is 0 Å². The first-order valence-corrected chi connectivity index (χ1v) is 5.84. The molecule has 2 rings (SSSR count). The molecule has 1 aliphatic heterocycles. The molecule has 0 radical (unpaired) electrons. The maximum atomic E-state index is 12.8. The van der Waals surface area contributed by atoms with E-state index in [-0.39, 0.29) is 30.5 Å². The molecule has 1 N–H and O–H groups in total. The molecule has 0 aromatic heterocycles. The third kappa shape index (κ3) is 2.67. The Kier molecular flexibility index (Phi) is 3.60. The lowest BCUT2D eigenvalue weighted by molar-refractivity contribution is -0.138. The van der Waals surface area contributed by atoms with Gasteiger partial charge in [-0.1, -0.05) is 0 Å². The summed E-state index contributed by atoms with van der Waals surface area (Å²) in [5.41, 5.74) is 0.802. The number of anilines is 1. The second-order valence-corrected chi connectivity index (χ2v) is 4.33. The highest BCUT2D eigenvalue weighted by Gasteiger charge is 2.33. The zero-order valence-corrected chi connectivity index (χ0v) is 9.80. The third-order valence-corrected chi connectivity index (χ3v) is 3.13. The van der Waals surface area contributed by atoms with Gasteiger partial charge in [0.25, 0.3) is 0 Å². The molecule has 1 atom stereocenters. The van der Waals surface area contributed by atoms with Crippen LogP contribution in [-0.4, -0.2) is 29.4 Å². The monoisotopic (exact) mass is 251 g/mol. The van der Waals surface area contributed by atoms with E-state index < -0.39 is 5.97 Å². The number of rotatable bonds is 5. The first kappa shape index (κ1) is 12.5. The predicted molar refractivity (Wildman–Crippen MR) is 64.0 cm³/mol. The van der Waals surface area contributed by atoms with Crippen LogP contribution in [0.5, 0.6) is 0 Å². The van der Waals surface area contributed by atoms with Gasteiger partial charge in [0.05, 0.1) is 12.5 Å². The Hall–Kier alpha value is -1.91. The number of ketones is 1. The molecule has 0 amide bonds. The van der Waals surface area contributed by atoms with E-state index in [2.05, 4.69) is 0 Å². The van der Waals surface area contributed by atoms with Gasteiger partial charge in [-0.3, -0.25) is 9.59 Å². The Balaban J connectivity index is 1.97. The van der Waals surface area contributed by atoms with Crippen LogP contribution in [0.2, 0.25) is 0 Å². The molecule has 18 heavy (non-hydrogen) atoms. The van der Waals surface area contributed by atoms with Gasteiger partial charge in [-0.25, -0.2) is 4.39 Å². The Bertz CT molecular complexity index is 458. The minimum atomic E-state index is -0.962. The van der Waals surface area contributed by atoms with Gasteiger partial charge in [0, 0.05) is 18.7 Å². The second-order valence-electron chi connectivity index (χ2n) is 4.33. The summed E-state index contributed by atoms with van der Waals surface area (Å²) >= 11 is 0. The number of aliphatic carboxylic acids is 1. The first-order valence-electron chi connectivity index (χ1n) is 5.84. The number of hydrogen-bond acceptors (Lipinski definition) is 3. The number of hydrogen-bond donors (Lipinski definition) is 1. The van der Waals surface area contributed by atoms with Crippen molar-refractivity contribution in [3.8, 4) is 0 Å². The average Bonchev–Trinajstić information content (AvgIpc) is 2.28. The number of carbonyl (C=O) groups excluding carboxylic acids is 1. The molecule has 0 bridgehead atoms. The van der Waals surface area contributed by atoms with Crippen molar-refractivity contribution in [1.29, 1.82) is 0 Å². The molecule has 0 saturated carbocycles. The molecule has 0 spiro atoms. The van der Waals surface area contributed by atoms with Crippen LogP contribution in [0.25, 0.3) is 0 Å². The number of halogens is 1. The summed E-state index contributed by atoms with van der Waals surface area (Å²) in [4.78, 5) is 24.1. The van der Waals surface area contributed by atoms with Gasteiger partial charge < -0.3 is 10.0 Å². The lowest BCUT2D eigenvalue weighted by atomic mass is 9.94. The lowest BCUT2D eigenvalue weighted by Crippen LogP contribution is -2.52. The molecule has 5 heteroatoms. The SMILES string of the molecule is O=C(O)CCC(=O)[C@@H]1CCN1c1ccc(F)cc1. The van der Waals surface area contributed by atoms with Crippen LogP contribution in [0.15, 0.2) is 24.3 Å². The number of carboxylic acids is 1. The fourth-order valence-electron chi connectivity index (χ4n) is 2.06. The van der Waals surface area contributed by atoms with Crippen molar-refractivity contribution in [2.45, 2.75) is 25.3 Å². The molecule has 1 aromatic carbocycles. The summed E-state index contributed by atoms with van der Waals surface area (Å²) in [6.45, 7) is 0.745. The van der Waals surface area contributed by atoms with E-state index in [4.69, 9.17) is 5.11 Å². The minimum Gasteiger partial charge on any atom is -0.481 e. The van der Waals surface area contributed by atoms with Crippen molar-refractivity contribution in [2.75, 3.05) is 11.4 Å². The fourth-order valence-corrected chi connectivity index (χ4v) is 2.06. The molecule has 1 aliphatic rings. The van der Waals surface area contributed by atoms with Crippen molar-refractivity contribution in [2.24, 2.45) is 0 Å². The zero-order valence-electron chi connectivity index (χ0n) is 9.80. The number of Topliss-reactive ketones (excluding diaryl/α,β-unsaturated/α-hetero) is 1. The summed E-state index contributed by atoms with van der Waals surface area (Å²) in [6, 6.07) is 5.71. The van der Waals surface area contributed by atoms with Crippen LogP contribution in [0, 0.1) is 5.82 Å². The second kappa shape index (κ2) is 5.16. The first-order chi connectivity index (χ1) is 8.58. The lowest BCUT2D eigenvalue weighted by Gasteiger charge is -2.41. The van der Waals surface area contributed by atoms with E-state index in [9.17, 15) is 14.0 Å². The highest BCUT2D eigenvalue weighted by atomic mass is 19.1. The van der Waals surface area contributed by atoms with E-state index in [1.165, 1.54) is 12.1 Å². The van der Waals surface area contributed by atoms with E-state index in [0.717, 1.165) is 18.7 Å². The summed E-state index contributed by atoms with van der Waals surface area (Å²) in [5, 5.41) is 8.54. The standard InChI is InChI=1S/C13H14FNO3/c14-9-1-3-10(4-2-9)15-8-7-11(15)12(16)5-6-13(17)18/h1-4,11H,5-8H2,(H,17,18)/t11-/m0/s1. The van der Waals surface area contributed by atoms with Gasteiger partial charge >= 0.3 is 5.97 Å². The summed E-state index contributed by atoms with van der Waals surface area (Å²) in [6.07, 6.45) is 0.653. The molecule has 1 heterocycles. The van der Waals surface area contributed by atoms with Gasteiger partial charge in [0.1, 0.15) is 5.82 Å². The van der Waals surface area contributed by atoms with Gasteiger partial charge in [-0.2, -0.15) is 0 Å². The summed E-state index contributed by atoms with van der Waals surface area (Å²) in [7, 11) is 0. The Morgan fingerprint density at radius 1 is 1.28 bits per heavy atom. The normalized spacial score (nSPS) is 18.3. The van der Waals surface area contributed by atoms with E-state index in [1.807, 2.05) is 4.90 Å². The Morgan fingerprint density at radius 2 is 1.94 bits per heavy atom. The largest absolute Gasteiger partial charge is 0.481 e. The Morgan fingerprint density at radius 3 is 2.44 bits per heavy atom. The molecule has 96 valence electrons. The summed E-state index contributed by atoms with van der Waals surface area (Å²) < 4.78 is 12.8. The zero-order chi connectivity index (χ0) is 13.1. The molecular weight excluding hydrogens is 237 g/mol. The molecule has 1 aromatic rings. The number of nitrogens with zero attached hydrogens (tertiary/aromatic N) is 1. The molecule has 0 unspecified atom stereocenters. The van der Waals surface area contributed by atoms with Crippen LogP contribution in [0.1, 0.15) is 19.3 Å². The molecular formula is C13H14FNO3. The molecule has 0 aliphatic carbocycles. The maximum absolute atomic E-state index is 12.8. The third-order valence-electron chi connectivity index (χ3n) is 3.13. The quantitative estimate of drug-likeness (QED) is 0.867. The van der Waals surface area contributed by atoms with Crippen LogP contribution in [0.4, 0.5) is 10.1 Å². The maximum Gasteiger partial charge on any atom is 0.303 e. The van der Waals surface area contributed by atoms with Gasteiger partial charge in [0.15, 0.2) is 5.78 Å². The average molecular weight is 251 g/mol. The van der Waals surface area contributed by atoms with Crippen molar-refractivity contribution in [1.82, 2.24) is 0 Å².